The molecule has 0 heterocycles. The number of hydrogen-bond donors (Lipinski definition) is 2. The van der Waals surface area contributed by atoms with Gasteiger partial charge in [-0.1, -0.05) is 36.4 Å². The Morgan fingerprint density at radius 1 is 0.815 bits per heavy atom. The summed E-state index contributed by atoms with van der Waals surface area (Å²) in [6, 6.07) is 21.0. The lowest BCUT2D eigenvalue weighted by molar-refractivity contribution is 0.0953. The number of benzene rings is 3. The smallest absolute Gasteiger partial charge is 0.271 e. The molecule has 2 N–H and O–H groups in total. The Bertz CT molecular complexity index is 970. The molecule has 134 valence electrons. The van der Waals surface area contributed by atoms with E-state index in [9.17, 15) is 14.0 Å². The van der Waals surface area contributed by atoms with E-state index in [2.05, 4.69) is 15.8 Å². The van der Waals surface area contributed by atoms with Crippen molar-refractivity contribution in [3.63, 3.8) is 0 Å². The van der Waals surface area contributed by atoms with Gasteiger partial charge in [-0.3, -0.25) is 9.59 Å². The first kappa shape index (κ1) is 18.0. The van der Waals surface area contributed by atoms with Crippen molar-refractivity contribution in [2.45, 2.75) is 0 Å². The van der Waals surface area contributed by atoms with E-state index in [1.54, 1.807) is 60.7 Å². The van der Waals surface area contributed by atoms with Crippen LogP contribution in [0.5, 0.6) is 0 Å². The molecular weight excluding hydrogens is 345 g/mol. The molecule has 0 radical (unpaired) electrons. The third-order valence-corrected chi connectivity index (χ3v) is 3.67. The van der Waals surface area contributed by atoms with E-state index in [1.165, 1.54) is 18.3 Å². The van der Waals surface area contributed by atoms with Gasteiger partial charge in [0, 0.05) is 16.8 Å². The van der Waals surface area contributed by atoms with E-state index in [0.717, 1.165) is 0 Å². The molecule has 27 heavy (non-hydrogen) atoms. The van der Waals surface area contributed by atoms with Crippen LogP contribution in [0.4, 0.5) is 10.1 Å². The summed E-state index contributed by atoms with van der Waals surface area (Å²) in [4.78, 5) is 24.4. The van der Waals surface area contributed by atoms with E-state index in [1.807, 2.05) is 6.07 Å². The van der Waals surface area contributed by atoms with Crippen molar-refractivity contribution < 1.29 is 14.0 Å². The summed E-state index contributed by atoms with van der Waals surface area (Å²) < 4.78 is 12.9. The number of carbonyl (C=O) groups excluding carboxylic acids is 2. The van der Waals surface area contributed by atoms with Gasteiger partial charge in [0.15, 0.2) is 0 Å². The average Bonchev–Trinajstić information content (AvgIpc) is 2.70. The van der Waals surface area contributed by atoms with Crippen LogP contribution in [0.25, 0.3) is 0 Å². The summed E-state index contributed by atoms with van der Waals surface area (Å²) in [5.41, 5.74) is 4.42. The summed E-state index contributed by atoms with van der Waals surface area (Å²) in [5.74, 6) is -1.03. The van der Waals surface area contributed by atoms with Gasteiger partial charge in [-0.15, -0.1) is 0 Å². The molecule has 0 unspecified atom stereocenters. The summed E-state index contributed by atoms with van der Waals surface area (Å²) >= 11 is 0. The molecule has 3 aromatic rings. The van der Waals surface area contributed by atoms with Gasteiger partial charge in [0.2, 0.25) is 0 Å². The van der Waals surface area contributed by atoms with Crippen LogP contribution < -0.4 is 10.7 Å². The number of carbonyl (C=O) groups is 2. The van der Waals surface area contributed by atoms with E-state index in [0.29, 0.717) is 22.4 Å². The highest BCUT2D eigenvalue weighted by Crippen LogP contribution is 2.12. The molecule has 2 amide bonds. The van der Waals surface area contributed by atoms with Crippen molar-refractivity contribution >= 4 is 23.7 Å². The van der Waals surface area contributed by atoms with Gasteiger partial charge in [-0.25, -0.2) is 9.82 Å². The van der Waals surface area contributed by atoms with Crippen LogP contribution >= 0.6 is 0 Å². The van der Waals surface area contributed by atoms with Gasteiger partial charge in [0.05, 0.1) is 6.21 Å². The molecule has 5 nitrogen and oxygen atoms in total. The molecule has 0 aliphatic heterocycles. The van der Waals surface area contributed by atoms with Crippen molar-refractivity contribution in [2.24, 2.45) is 5.10 Å². The normalized spacial score (nSPS) is 10.6. The second-order valence-corrected chi connectivity index (χ2v) is 5.65. The second kappa shape index (κ2) is 8.53. The molecule has 0 aliphatic carbocycles. The zero-order chi connectivity index (χ0) is 19.1. The van der Waals surface area contributed by atoms with Gasteiger partial charge in [0.25, 0.3) is 11.8 Å². The third kappa shape index (κ3) is 5.09. The summed E-state index contributed by atoms with van der Waals surface area (Å²) in [6.45, 7) is 0. The van der Waals surface area contributed by atoms with Gasteiger partial charge < -0.3 is 5.32 Å². The third-order valence-electron chi connectivity index (χ3n) is 3.67. The van der Waals surface area contributed by atoms with Gasteiger partial charge in [-0.05, 0) is 48.0 Å². The highest BCUT2D eigenvalue weighted by molar-refractivity contribution is 6.05. The molecule has 0 fully saturated rings. The highest BCUT2D eigenvalue weighted by atomic mass is 19.1. The van der Waals surface area contributed by atoms with Gasteiger partial charge in [-0.2, -0.15) is 5.10 Å². The average molecular weight is 361 g/mol. The summed E-state index contributed by atoms with van der Waals surface area (Å²) in [5, 5.41) is 6.60. The minimum absolute atomic E-state index is 0.262. The molecule has 0 aliphatic rings. The van der Waals surface area contributed by atoms with Crippen molar-refractivity contribution in [1.29, 1.82) is 0 Å². The molecule has 0 atom stereocenters. The fraction of sp³-hybridized carbons (Fsp3) is 0. The molecular formula is C21H16FN3O2. The number of nitrogens with one attached hydrogen (secondary N) is 2. The minimum Gasteiger partial charge on any atom is -0.322 e. The Kier molecular flexibility index (Phi) is 5.69. The summed E-state index contributed by atoms with van der Waals surface area (Å²) in [6.07, 6.45) is 1.42. The molecule has 6 heteroatoms. The maximum atomic E-state index is 12.9. The van der Waals surface area contributed by atoms with Crippen molar-refractivity contribution in [3.05, 3.63) is 101 Å². The predicted octanol–water partition coefficient (Wildman–Crippen LogP) is 3.84. The maximum Gasteiger partial charge on any atom is 0.271 e. The van der Waals surface area contributed by atoms with Crippen LogP contribution in [0.15, 0.2) is 84.0 Å². The fourth-order valence-electron chi connectivity index (χ4n) is 2.31. The van der Waals surface area contributed by atoms with Crippen LogP contribution in [-0.2, 0) is 0 Å². The first-order chi connectivity index (χ1) is 13.1. The van der Waals surface area contributed by atoms with E-state index in [-0.39, 0.29) is 11.7 Å². The lowest BCUT2D eigenvalue weighted by Crippen LogP contribution is -2.18. The quantitative estimate of drug-likeness (QED) is 0.535. The fourth-order valence-corrected chi connectivity index (χ4v) is 2.31. The standard InChI is InChI=1S/C21H16FN3O2/c22-18-11-9-15(10-12-18)14-23-25-21(27)17-7-4-8-19(13-17)24-20(26)16-5-2-1-3-6-16/h1-14H,(H,24,26)(H,25,27)/b23-14-. The number of hydrazone groups is 1. The molecule has 0 saturated heterocycles. The minimum atomic E-state index is -0.427. The second-order valence-electron chi connectivity index (χ2n) is 5.65. The SMILES string of the molecule is O=C(N/N=C\c1ccc(F)cc1)c1cccc(NC(=O)c2ccccc2)c1. The molecule has 0 spiro atoms. The molecule has 0 saturated carbocycles. The summed E-state index contributed by atoms with van der Waals surface area (Å²) in [7, 11) is 0. The van der Waals surface area contributed by atoms with Crippen molar-refractivity contribution in [1.82, 2.24) is 5.43 Å². The Morgan fingerprint density at radius 2 is 1.52 bits per heavy atom. The lowest BCUT2D eigenvalue weighted by Gasteiger charge is -2.07. The first-order valence-corrected chi connectivity index (χ1v) is 8.17. The lowest BCUT2D eigenvalue weighted by atomic mass is 10.1. The number of halogens is 1. The van der Waals surface area contributed by atoms with Crippen LogP contribution in [0.3, 0.4) is 0 Å². The molecule has 0 bridgehead atoms. The largest absolute Gasteiger partial charge is 0.322 e. The van der Waals surface area contributed by atoms with E-state index >= 15 is 0 Å². The van der Waals surface area contributed by atoms with Gasteiger partial charge >= 0.3 is 0 Å². The van der Waals surface area contributed by atoms with Crippen molar-refractivity contribution in [2.75, 3.05) is 5.32 Å². The predicted molar refractivity (Wildman–Crippen MR) is 102 cm³/mol. The Morgan fingerprint density at radius 3 is 2.26 bits per heavy atom. The maximum absolute atomic E-state index is 12.9. The van der Waals surface area contributed by atoms with Gasteiger partial charge in [0.1, 0.15) is 5.82 Å². The number of hydrogen-bond acceptors (Lipinski definition) is 3. The monoisotopic (exact) mass is 361 g/mol. The molecule has 0 aromatic heterocycles. The van der Waals surface area contributed by atoms with Crippen LogP contribution in [-0.4, -0.2) is 18.0 Å². The molecule has 3 rings (SSSR count). The van der Waals surface area contributed by atoms with Crippen LogP contribution in [0, 0.1) is 5.82 Å². The zero-order valence-corrected chi connectivity index (χ0v) is 14.2. The van der Waals surface area contributed by atoms with E-state index < -0.39 is 5.91 Å². The zero-order valence-electron chi connectivity index (χ0n) is 14.2. The van der Waals surface area contributed by atoms with Crippen molar-refractivity contribution in [3.8, 4) is 0 Å². The highest BCUT2D eigenvalue weighted by Gasteiger charge is 2.08. The molecule has 3 aromatic carbocycles. The van der Waals surface area contributed by atoms with E-state index in [4.69, 9.17) is 0 Å². The number of amides is 2. The Hall–Kier alpha value is -3.80. The number of rotatable bonds is 5. The Balaban J connectivity index is 1.63. The van der Waals surface area contributed by atoms with Crippen LogP contribution in [0.1, 0.15) is 26.3 Å². The number of nitrogens with zero attached hydrogens (tertiary/aromatic N) is 1. The topological polar surface area (TPSA) is 70.6 Å². The number of anilines is 1. The first-order valence-electron chi connectivity index (χ1n) is 8.17. The Labute approximate surface area is 155 Å². The van der Waals surface area contributed by atoms with Crippen LogP contribution in [0.2, 0.25) is 0 Å².